The third-order valence-corrected chi connectivity index (χ3v) is 3.53. The van der Waals surface area contributed by atoms with Crippen LogP contribution in [0.25, 0.3) is 0 Å². The number of nitrogens with one attached hydrogen (secondary N) is 1. The zero-order valence-corrected chi connectivity index (χ0v) is 12.1. The molecule has 0 heterocycles. The van der Waals surface area contributed by atoms with Gasteiger partial charge in [-0.15, -0.1) is 0 Å². The first kappa shape index (κ1) is 15.1. The average molecular weight is 270 g/mol. The van der Waals surface area contributed by atoms with E-state index in [0.29, 0.717) is 6.54 Å². The SMILES string of the molecule is CCN(CC)Cc1ccc(CNS(C)(=O)=O)cc1. The maximum Gasteiger partial charge on any atom is 0.209 e. The molecule has 0 aliphatic carbocycles. The van der Waals surface area contributed by atoms with E-state index >= 15 is 0 Å². The van der Waals surface area contributed by atoms with E-state index in [-0.39, 0.29) is 0 Å². The first-order valence-electron chi connectivity index (χ1n) is 6.19. The van der Waals surface area contributed by atoms with Gasteiger partial charge in [-0.25, -0.2) is 13.1 Å². The van der Waals surface area contributed by atoms with E-state index in [4.69, 9.17) is 0 Å². The van der Waals surface area contributed by atoms with Crippen molar-refractivity contribution in [3.63, 3.8) is 0 Å². The van der Waals surface area contributed by atoms with Gasteiger partial charge in [0.15, 0.2) is 0 Å². The summed E-state index contributed by atoms with van der Waals surface area (Å²) in [5.74, 6) is 0. The number of nitrogens with zero attached hydrogens (tertiary/aromatic N) is 1. The molecule has 1 rings (SSSR count). The van der Waals surface area contributed by atoms with Crippen LogP contribution in [0.15, 0.2) is 24.3 Å². The standard InChI is InChI=1S/C13H22N2O2S/c1-4-15(5-2)11-13-8-6-12(7-9-13)10-14-18(3,16)17/h6-9,14H,4-5,10-11H2,1-3H3. The highest BCUT2D eigenvalue weighted by Crippen LogP contribution is 2.07. The maximum atomic E-state index is 11.0. The quantitative estimate of drug-likeness (QED) is 0.818. The number of hydrogen-bond acceptors (Lipinski definition) is 3. The van der Waals surface area contributed by atoms with Crippen molar-refractivity contribution in [2.75, 3.05) is 19.3 Å². The topological polar surface area (TPSA) is 49.4 Å². The van der Waals surface area contributed by atoms with Gasteiger partial charge in [-0.05, 0) is 24.2 Å². The van der Waals surface area contributed by atoms with Crippen LogP contribution in [0.4, 0.5) is 0 Å². The van der Waals surface area contributed by atoms with Gasteiger partial charge in [0.05, 0.1) is 6.26 Å². The second kappa shape index (κ2) is 6.87. The van der Waals surface area contributed by atoms with Gasteiger partial charge in [0.1, 0.15) is 0 Å². The van der Waals surface area contributed by atoms with Gasteiger partial charge in [0.25, 0.3) is 0 Å². The molecule has 0 atom stereocenters. The molecule has 0 saturated heterocycles. The minimum Gasteiger partial charge on any atom is -0.300 e. The van der Waals surface area contributed by atoms with E-state index in [1.807, 2.05) is 12.1 Å². The molecule has 18 heavy (non-hydrogen) atoms. The lowest BCUT2D eigenvalue weighted by molar-refractivity contribution is 0.296. The van der Waals surface area contributed by atoms with Gasteiger partial charge in [0.2, 0.25) is 10.0 Å². The number of benzene rings is 1. The molecule has 0 unspecified atom stereocenters. The molecule has 102 valence electrons. The van der Waals surface area contributed by atoms with Crippen LogP contribution in [0.2, 0.25) is 0 Å². The molecule has 0 aromatic heterocycles. The monoisotopic (exact) mass is 270 g/mol. The van der Waals surface area contributed by atoms with Crippen LogP contribution >= 0.6 is 0 Å². The highest BCUT2D eigenvalue weighted by atomic mass is 32.2. The highest BCUT2D eigenvalue weighted by Gasteiger charge is 2.03. The Morgan fingerprint density at radius 3 is 2.00 bits per heavy atom. The molecular weight excluding hydrogens is 248 g/mol. The zero-order chi connectivity index (χ0) is 13.6. The third kappa shape index (κ3) is 5.62. The van der Waals surface area contributed by atoms with Crippen molar-refractivity contribution in [3.05, 3.63) is 35.4 Å². The van der Waals surface area contributed by atoms with Crippen LogP contribution in [0.3, 0.4) is 0 Å². The number of rotatable bonds is 7. The van der Waals surface area contributed by atoms with Gasteiger partial charge in [-0.2, -0.15) is 0 Å². The largest absolute Gasteiger partial charge is 0.300 e. The first-order chi connectivity index (χ1) is 8.44. The summed E-state index contributed by atoms with van der Waals surface area (Å²) < 4.78 is 24.4. The Balaban J connectivity index is 2.57. The normalized spacial score (nSPS) is 12.0. The minimum absolute atomic E-state index is 0.352. The van der Waals surface area contributed by atoms with Gasteiger partial charge < -0.3 is 0 Å². The summed E-state index contributed by atoms with van der Waals surface area (Å²) in [6.07, 6.45) is 1.17. The van der Waals surface area contributed by atoms with Crippen LogP contribution in [0.5, 0.6) is 0 Å². The van der Waals surface area contributed by atoms with Crippen LogP contribution in [0.1, 0.15) is 25.0 Å². The number of sulfonamides is 1. The van der Waals surface area contributed by atoms with Crippen molar-refractivity contribution < 1.29 is 8.42 Å². The van der Waals surface area contributed by atoms with Gasteiger partial charge in [-0.3, -0.25) is 4.90 Å². The Morgan fingerprint density at radius 2 is 1.56 bits per heavy atom. The van der Waals surface area contributed by atoms with Crippen molar-refractivity contribution in [1.29, 1.82) is 0 Å². The van der Waals surface area contributed by atoms with Crippen LogP contribution in [0, 0.1) is 0 Å². The molecule has 1 aromatic carbocycles. The Hall–Kier alpha value is -0.910. The molecule has 0 bridgehead atoms. The third-order valence-electron chi connectivity index (χ3n) is 2.86. The van der Waals surface area contributed by atoms with Crippen molar-refractivity contribution >= 4 is 10.0 Å². The molecule has 1 aromatic rings. The van der Waals surface area contributed by atoms with E-state index in [1.165, 1.54) is 11.8 Å². The molecule has 0 spiro atoms. The highest BCUT2D eigenvalue weighted by molar-refractivity contribution is 7.88. The smallest absolute Gasteiger partial charge is 0.209 e. The van der Waals surface area contributed by atoms with E-state index in [9.17, 15) is 8.42 Å². The Labute approximate surface area is 110 Å². The zero-order valence-electron chi connectivity index (χ0n) is 11.3. The van der Waals surface area contributed by atoms with Crippen LogP contribution in [-0.4, -0.2) is 32.7 Å². The van der Waals surface area contributed by atoms with E-state index < -0.39 is 10.0 Å². The second-order valence-corrected chi connectivity index (χ2v) is 6.20. The molecule has 5 heteroatoms. The summed E-state index contributed by atoms with van der Waals surface area (Å²) in [5.41, 5.74) is 2.23. The van der Waals surface area contributed by atoms with Crippen LogP contribution < -0.4 is 4.72 Å². The maximum absolute atomic E-state index is 11.0. The summed E-state index contributed by atoms with van der Waals surface area (Å²) >= 11 is 0. The molecular formula is C13H22N2O2S. The molecule has 0 saturated carbocycles. The van der Waals surface area contributed by atoms with E-state index in [1.54, 1.807) is 0 Å². The lowest BCUT2D eigenvalue weighted by Crippen LogP contribution is -2.22. The predicted octanol–water partition coefficient (Wildman–Crippen LogP) is 1.58. The van der Waals surface area contributed by atoms with Crippen molar-refractivity contribution in [2.45, 2.75) is 26.9 Å². The molecule has 0 radical (unpaired) electrons. The van der Waals surface area contributed by atoms with Gasteiger partial charge >= 0.3 is 0 Å². The molecule has 0 fully saturated rings. The first-order valence-corrected chi connectivity index (χ1v) is 8.08. The Morgan fingerprint density at radius 1 is 1.06 bits per heavy atom. The van der Waals surface area contributed by atoms with Crippen molar-refractivity contribution in [1.82, 2.24) is 9.62 Å². The van der Waals surface area contributed by atoms with Gasteiger partial charge in [0, 0.05) is 13.1 Å². The fraction of sp³-hybridized carbons (Fsp3) is 0.538. The summed E-state index contributed by atoms with van der Waals surface area (Å²) in [4.78, 5) is 2.34. The molecule has 4 nitrogen and oxygen atoms in total. The van der Waals surface area contributed by atoms with Crippen molar-refractivity contribution in [3.8, 4) is 0 Å². The second-order valence-electron chi connectivity index (χ2n) is 4.37. The molecule has 0 amide bonds. The summed E-state index contributed by atoms with van der Waals surface area (Å²) in [6.45, 7) is 7.65. The molecule has 1 N–H and O–H groups in total. The fourth-order valence-electron chi connectivity index (χ4n) is 1.68. The van der Waals surface area contributed by atoms with Crippen molar-refractivity contribution in [2.24, 2.45) is 0 Å². The predicted molar refractivity (Wildman–Crippen MR) is 74.8 cm³/mol. The molecule has 0 aliphatic rings. The van der Waals surface area contributed by atoms with Crippen LogP contribution in [-0.2, 0) is 23.1 Å². The minimum atomic E-state index is -3.12. The fourth-order valence-corrected chi connectivity index (χ4v) is 2.11. The Kier molecular flexibility index (Phi) is 5.78. The number of hydrogen-bond donors (Lipinski definition) is 1. The lowest BCUT2D eigenvalue weighted by atomic mass is 10.1. The van der Waals surface area contributed by atoms with E-state index in [2.05, 4.69) is 35.6 Å². The summed E-state index contributed by atoms with van der Waals surface area (Å²) in [6, 6.07) is 8.04. The van der Waals surface area contributed by atoms with E-state index in [0.717, 1.165) is 25.2 Å². The summed E-state index contributed by atoms with van der Waals surface area (Å²) in [5, 5.41) is 0. The Bertz CT molecular complexity index is 450. The average Bonchev–Trinajstić information content (AvgIpc) is 2.34. The summed E-state index contributed by atoms with van der Waals surface area (Å²) in [7, 11) is -3.12. The molecule has 0 aliphatic heterocycles. The van der Waals surface area contributed by atoms with Gasteiger partial charge in [-0.1, -0.05) is 38.1 Å². The lowest BCUT2D eigenvalue weighted by Gasteiger charge is -2.18.